The third-order valence-corrected chi connectivity index (χ3v) is 9.97. The van der Waals surface area contributed by atoms with Gasteiger partial charge in [0, 0.05) is 19.6 Å². The van der Waals surface area contributed by atoms with Crippen LogP contribution in [0.5, 0.6) is 69.0 Å². The maximum Gasteiger partial charge on any atom is 0.342 e. The first kappa shape index (κ1) is 50.7. The number of nitrogens with zero attached hydrogens (tertiary/aromatic N) is 1. The minimum absolute atomic E-state index is 0.0353. The lowest BCUT2D eigenvalue weighted by Gasteiger charge is -2.23. The van der Waals surface area contributed by atoms with Crippen molar-refractivity contribution >= 4 is 17.9 Å². The van der Waals surface area contributed by atoms with Crippen LogP contribution in [0.25, 0.3) is 0 Å². The van der Waals surface area contributed by atoms with E-state index in [1.54, 1.807) is 72.8 Å². The number of hydrogen-bond acceptors (Lipinski definition) is 19. The van der Waals surface area contributed by atoms with Crippen LogP contribution in [0, 0.1) is 0 Å². The van der Waals surface area contributed by atoms with Gasteiger partial charge in [-0.2, -0.15) is 0 Å². The highest BCUT2D eigenvalue weighted by Crippen LogP contribution is 2.32. The van der Waals surface area contributed by atoms with E-state index in [4.69, 9.17) is 42.6 Å². The smallest absolute Gasteiger partial charge is 0.342 e. The molecule has 0 aliphatic heterocycles. The third-order valence-electron chi connectivity index (χ3n) is 9.97. The fourth-order valence-corrected chi connectivity index (χ4v) is 6.43. The molecule has 0 radical (unpaired) electrons. The van der Waals surface area contributed by atoms with E-state index in [0.29, 0.717) is 54.1 Å². The SMILES string of the molecule is O=C(OCCOc1ccccc1OCCN(CCOc1ccccc1OCCOC(=O)c1cccc(O)c1O)CCOc1ccccc1OCCOC(=O)c1cccc(O)c1O)c1cccc(O)c1O. The molecule has 0 atom stereocenters. The van der Waals surface area contributed by atoms with E-state index >= 15 is 0 Å². The number of carbonyl (C=O) groups is 3. The fourth-order valence-electron chi connectivity index (χ4n) is 6.43. The van der Waals surface area contributed by atoms with Crippen LogP contribution in [0.15, 0.2) is 127 Å². The molecule has 6 aromatic rings. The highest BCUT2D eigenvalue weighted by atomic mass is 16.6. The van der Waals surface area contributed by atoms with Gasteiger partial charge in [-0.15, -0.1) is 0 Å². The average molecular weight is 966 g/mol. The Labute approximate surface area is 401 Å². The summed E-state index contributed by atoms with van der Waals surface area (Å²) in [5, 5.41) is 59.1. The summed E-state index contributed by atoms with van der Waals surface area (Å²) >= 11 is 0. The number of benzene rings is 6. The number of carbonyl (C=O) groups excluding carboxylic acids is 3. The molecule has 0 aliphatic rings. The first-order valence-corrected chi connectivity index (χ1v) is 21.8. The number of hydrogen-bond donors (Lipinski definition) is 6. The summed E-state index contributed by atoms with van der Waals surface area (Å²) in [5.41, 5.74) is -0.553. The number of rotatable bonds is 27. The molecular weight excluding hydrogens is 915 g/mol. The Balaban J connectivity index is 1.02. The Kier molecular flexibility index (Phi) is 18.8. The monoisotopic (exact) mass is 965 g/mol. The van der Waals surface area contributed by atoms with Gasteiger partial charge in [0.15, 0.2) is 69.0 Å². The Morgan fingerprint density at radius 1 is 0.314 bits per heavy atom. The maximum atomic E-state index is 12.4. The molecule has 0 saturated heterocycles. The summed E-state index contributed by atoms with van der Waals surface area (Å²) in [6.45, 7) is 1.20. The average Bonchev–Trinajstić information content (AvgIpc) is 3.36. The minimum atomic E-state index is -0.832. The molecule has 0 saturated carbocycles. The van der Waals surface area contributed by atoms with Crippen LogP contribution in [0.3, 0.4) is 0 Å². The molecule has 0 bridgehead atoms. The third kappa shape index (κ3) is 14.6. The van der Waals surface area contributed by atoms with Gasteiger partial charge in [0.2, 0.25) is 0 Å². The summed E-state index contributed by atoms with van der Waals surface area (Å²) < 4.78 is 51.7. The number of ether oxygens (including phenoxy) is 9. The number of esters is 3. The lowest BCUT2D eigenvalue weighted by molar-refractivity contribution is 0.0437. The number of aromatic hydroxyl groups is 6. The summed E-state index contributed by atoms with van der Waals surface area (Å²) in [6.07, 6.45) is 0. The first-order valence-electron chi connectivity index (χ1n) is 21.8. The van der Waals surface area contributed by atoms with Crippen LogP contribution < -0.4 is 28.4 Å². The van der Waals surface area contributed by atoms with Crippen LogP contribution in [-0.4, -0.2) is 133 Å². The van der Waals surface area contributed by atoms with E-state index in [9.17, 15) is 45.0 Å². The predicted molar refractivity (Wildman–Crippen MR) is 249 cm³/mol. The summed E-state index contributed by atoms with van der Waals surface area (Å²) in [6, 6.07) is 32.8. The van der Waals surface area contributed by atoms with Gasteiger partial charge in [-0.3, -0.25) is 4.90 Å². The second-order valence-corrected chi connectivity index (χ2v) is 14.7. The quantitative estimate of drug-likeness (QED) is 0.0140. The normalized spacial score (nSPS) is 10.8. The Morgan fingerprint density at radius 2 is 0.557 bits per heavy atom. The molecule has 0 unspecified atom stereocenters. The molecule has 6 rings (SSSR count). The van der Waals surface area contributed by atoms with Crippen molar-refractivity contribution in [2.24, 2.45) is 0 Å². The van der Waals surface area contributed by atoms with Crippen LogP contribution in [0.2, 0.25) is 0 Å². The molecule has 0 fully saturated rings. The minimum Gasteiger partial charge on any atom is -0.504 e. The molecule has 19 nitrogen and oxygen atoms in total. The van der Waals surface area contributed by atoms with Gasteiger partial charge in [0.05, 0.1) is 0 Å². The van der Waals surface area contributed by atoms with Crippen molar-refractivity contribution in [2.75, 3.05) is 79.1 Å². The molecule has 0 heterocycles. The van der Waals surface area contributed by atoms with Crippen LogP contribution in [0.1, 0.15) is 31.1 Å². The summed E-state index contributed by atoms with van der Waals surface area (Å²) in [5.74, 6) is -3.11. The molecule has 0 amide bonds. The summed E-state index contributed by atoms with van der Waals surface area (Å²) in [7, 11) is 0. The van der Waals surface area contributed by atoms with Crippen LogP contribution >= 0.6 is 0 Å². The topological polar surface area (TPSA) is 259 Å². The molecule has 6 N–H and O–H groups in total. The molecular formula is C51H51NO18. The van der Waals surface area contributed by atoms with E-state index in [-0.39, 0.29) is 76.2 Å². The number of phenolic OH excluding ortho intramolecular Hbond substituents is 6. The van der Waals surface area contributed by atoms with Gasteiger partial charge in [-0.05, 0) is 72.8 Å². The standard InChI is InChI=1S/C51H51NO18/c53-37-13-7-10-34(46(37)56)49(59)68-31-28-65-43-19-4-1-16-40(43)62-25-22-52(23-26-63-41-17-2-5-20-44(41)66-29-32-69-50(60)35-11-8-14-38(54)47(35)57)24-27-64-42-18-3-6-21-45(42)67-30-33-70-51(61)36-12-9-15-39(55)48(36)58/h1-21,53-58H,22-33H2. The zero-order valence-corrected chi connectivity index (χ0v) is 37.6. The second-order valence-electron chi connectivity index (χ2n) is 14.7. The second kappa shape index (κ2) is 26.0. The van der Waals surface area contributed by atoms with Gasteiger partial charge in [-0.1, -0.05) is 54.6 Å². The van der Waals surface area contributed by atoms with E-state index in [1.165, 1.54) is 54.6 Å². The number of para-hydroxylation sites is 9. The maximum absolute atomic E-state index is 12.4. The van der Waals surface area contributed by atoms with Gasteiger partial charge in [0.1, 0.15) is 76.2 Å². The molecule has 0 aliphatic carbocycles. The van der Waals surface area contributed by atoms with Gasteiger partial charge >= 0.3 is 17.9 Å². The Bertz CT molecular complexity index is 2390. The van der Waals surface area contributed by atoms with Gasteiger partial charge in [-0.25, -0.2) is 14.4 Å². The zero-order valence-electron chi connectivity index (χ0n) is 37.6. The molecule has 70 heavy (non-hydrogen) atoms. The lowest BCUT2D eigenvalue weighted by Crippen LogP contribution is -2.35. The van der Waals surface area contributed by atoms with Crippen LogP contribution in [0.4, 0.5) is 0 Å². The van der Waals surface area contributed by atoms with Crippen molar-refractivity contribution in [3.05, 3.63) is 144 Å². The van der Waals surface area contributed by atoms with Crippen molar-refractivity contribution in [2.45, 2.75) is 0 Å². The Morgan fingerprint density at radius 3 is 0.814 bits per heavy atom. The molecule has 19 heteroatoms. The van der Waals surface area contributed by atoms with Crippen molar-refractivity contribution in [3.8, 4) is 69.0 Å². The first-order chi connectivity index (χ1) is 34.0. The Hall–Kier alpha value is -8.71. The van der Waals surface area contributed by atoms with Crippen molar-refractivity contribution < 1.29 is 87.7 Å². The molecule has 0 aromatic heterocycles. The molecule has 6 aromatic carbocycles. The van der Waals surface area contributed by atoms with Gasteiger partial charge < -0.3 is 73.3 Å². The van der Waals surface area contributed by atoms with E-state index < -0.39 is 52.4 Å². The van der Waals surface area contributed by atoms with E-state index in [1.807, 2.05) is 4.90 Å². The van der Waals surface area contributed by atoms with E-state index in [0.717, 1.165) is 0 Å². The lowest BCUT2D eigenvalue weighted by atomic mass is 10.2. The van der Waals surface area contributed by atoms with Crippen molar-refractivity contribution in [1.82, 2.24) is 4.90 Å². The predicted octanol–water partition coefficient (Wildman–Crippen LogP) is 6.47. The zero-order chi connectivity index (χ0) is 49.7. The largest absolute Gasteiger partial charge is 0.504 e. The van der Waals surface area contributed by atoms with Crippen molar-refractivity contribution in [1.29, 1.82) is 0 Å². The van der Waals surface area contributed by atoms with Crippen LogP contribution in [-0.2, 0) is 14.2 Å². The number of phenols is 6. The van der Waals surface area contributed by atoms with Crippen molar-refractivity contribution in [3.63, 3.8) is 0 Å². The highest BCUT2D eigenvalue weighted by molar-refractivity contribution is 5.94. The molecule has 0 spiro atoms. The summed E-state index contributed by atoms with van der Waals surface area (Å²) in [4.78, 5) is 39.4. The molecule has 368 valence electrons. The fraction of sp³-hybridized carbons (Fsp3) is 0.235. The highest BCUT2D eigenvalue weighted by Gasteiger charge is 2.19. The van der Waals surface area contributed by atoms with E-state index in [2.05, 4.69) is 0 Å². The van der Waals surface area contributed by atoms with Gasteiger partial charge in [0.25, 0.3) is 0 Å².